The largest absolute Gasteiger partial charge is 0.466 e. The van der Waals surface area contributed by atoms with Gasteiger partial charge in [0.25, 0.3) is 0 Å². The number of Topliss-reactive ketones (excluding diaryl/α,β-unsaturated/α-hetero) is 1. The molecule has 0 unspecified atom stereocenters. The zero-order valence-electron chi connectivity index (χ0n) is 10.8. The Labute approximate surface area is 103 Å². The molecule has 3 nitrogen and oxygen atoms in total. The molecule has 17 heavy (non-hydrogen) atoms. The molecule has 0 radical (unpaired) electrons. The molecule has 96 valence electrons. The third-order valence-electron chi connectivity index (χ3n) is 4.53. The second kappa shape index (κ2) is 4.79. The molecular formula is C14H22O3. The van der Waals surface area contributed by atoms with Crippen LogP contribution in [-0.2, 0) is 14.3 Å². The average molecular weight is 238 g/mol. The summed E-state index contributed by atoms with van der Waals surface area (Å²) in [7, 11) is 0. The first kappa shape index (κ1) is 12.6. The number of ether oxygens (including phenoxy) is 1. The molecule has 2 aliphatic carbocycles. The first-order valence-corrected chi connectivity index (χ1v) is 6.75. The van der Waals surface area contributed by atoms with Crippen LogP contribution in [0.25, 0.3) is 0 Å². The average Bonchev–Trinajstić information content (AvgIpc) is 2.26. The maximum absolute atomic E-state index is 12.0. The lowest BCUT2D eigenvalue weighted by Gasteiger charge is -2.47. The number of esters is 1. The standard InChI is InChI=1S/C14H22O3/c1-3-17-13(16)11-8-10(15)9-14(2)7-5-4-6-12(11)14/h11-12H,3-9H2,1-2H3/t11-,12+,14+/m1/s1. The van der Waals surface area contributed by atoms with Gasteiger partial charge in [-0.1, -0.05) is 19.8 Å². The molecule has 2 saturated carbocycles. The van der Waals surface area contributed by atoms with Crippen molar-refractivity contribution < 1.29 is 14.3 Å². The molecule has 0 spiro atoms. The van der Waals surface area contributed by atoms with Gasteiger partial charge in [-0.2, -0.15) is 0 Å². The first-order chi connectivity index (χ1) is 8.07. The van der Waals surface area contributed by atoms with E-state index in [-0.39, 0.29) is 23.1 Å². The maximum atomic E-state index is 12.0. The van der Waals surface area contributed by atoms with Crippen LogP contribution in [0.2, 0.25) is 0 Å². The molecule has 0 aromatic heterocycles. The highest BCUT2D eigenvalue weighted by Crippen LogP contribution is 2.51. The highest BCUT2D eigenvalue weighted by atomic mass is 16.5. The van der Waals surface area contributed by atoms with E-state index in [0.717, 1.165) is 12.8 Å². The molecule has 0 amide bonds. The fourth-order valence-electron chi connectivity index (χ4n) is 3.74. The van der Waals surface area contributed by atoms with E-state index in [4.69, 9.17) is 4.74 Å². The van der Waals surface area contributed by atoms with E-state index in [0.29, 0.717) is 25.4 Å². The molecule has 0 aromatic carbocycles. The van der Waals surface area contributed by atoms with Crippen LogP contribution in [0.15, 0.2) is 0 Å². The van der Waals surface area contributed by atoms with Gasteiger partial charge in [-0.25, -0.2) is 0 Å². The number of hydrogen-bond donors (Lipinski definition) is 0. The number of carbonyl (C=O) groups excluding carboxylic acids is 2. The third-order valence-corrected chi connectivity index (χ3v) is 4.53. The van der Waals surface area contributed by atoms with Gasteiger partial charge < -0.3 is 4.74 Å². The van der Waals surface area contributed by atoms with Crippen molar-refractivity contribution in [2.75, 3.05) is 6.61 Å². The molecule has 0 heterocycles. The molecule has 2 fully saturated rings. The van der Waals surface area contributed by atoms with Crippen molar-refractivity contribution in [2.24, 2.45) is 17.3 Å². The second-order valence-electron chi connectivity index (χ2n) is 5.78. The predicted octanol–water partition coefficient (Wildman–Crippen LogP) is 2.73. The highest BCUT2D eigenvalue weighted by Gasteiger charge is 2.49. The number of fused-ring (bicyclic) bond motifs is 1. The van der Waals surface area contributed by atoms with E-state index in [1.807, 2.05) is 6.92 Å². The Morgan fingerprint density at radius 2 is 2.24 bits per heavy atom. The zero-order valence-corrected chi connectivity index (χ0v) is 10.8. The first-order valence-electron chi connectivity index (χ1n) is 6.75. The van der Waals surface area contributed by atoms with Crippen molar-refractivity contribution in [3.05, 3.63) is 0 Å². The van der Waals surface area contributed by atoms with Crippen LogP contribution in [0, 0.1) is 17.3 Å². The summed E-state index contributed by atoms with van der Waals surface area (Å²) in [6, 6.07) is 0. The summed E-state index contributed by atoms with van der Waals surface area (Å²) >= 11 is 0. The lowest BCUT2D eigenvalue weighted by molar-refractivity contribution is -0.159. The Morgan fingerprint density at radius 1 is 1.47 bits per heavy atom. The molecule has 0 aliphatic heterocycles. The molecule has 2 rings (SSSR count). The molecule has 3 atom stereocenters. The summed E-state index contributed by atoms with van der Waals surface area (Å²) in [5.74, 6) is 0.261. The topological polar surface area (TPSA) is 43.4 Å². The molecule has 3 heteroatoms. The number of ketones is 1. The van der Waals surface area contributed by atoms with Gasteiger partial charge in [0.15, 0.2) is 0 Å². The Kier molecular flexibility index (Phi) is 3.55. The van der Waals surface area contributed by atoms with Crippen molar-refractivity contribution in [1.82, 2.24) is 0 Å². The van der Waals surface area contributed by atoms with Crippen molar-refractivity contribution >= 4 is 11.8 Å². The normalized spacial score (nSPS) is 37.4. The minimum atomic E-state index is -0.179. The molecule has 0 saturated heterocycles. The van der Waals surface area contributed by atoms with E-state index in [2.05, 4.69) is 6.92 Å². The van der Waals surface area contributed by atoms with Crippen LogP contribution >= 0.6 is 0 Å². The monoisotopic (exact) mass is 238 g/mol. The lowest BCUT2D eigenvalue weighted by atomic mass is 9.56. The van der Waals surface area contributed by atoms with Crippen LogP contribution in [0.3, 0.4) is 0 Å². The Morgan fingerprint density at radius 3 is 2.94 bits per heavy atom. The van der Waals surface area contributed by atoms with Crippen LogP contribution in [0.5, 0.6) is 0 Å². The second-order valence-corrected chi connectivity index (χ2v) is 5.78. The van der Waals surface area contributed by atoms with E-state index >= 15 is 0 Å². The van der Waals surface area contributed by atoms with E-state index in [1.165, 1.54) is 12.8 Å². The van der Waals surface area contributed by atoms with Crippen LogP contribution in [-0.4, -0.2) is 18.4 Å². The summed E-state index contributed by atoms with van der Waals surface area (Å²) in [5.41, 5.74) is 0.0466. The van der Waals surface area contributed by atoms with E-state index in [1.54, 1.807) is 0 Å². The summed E-state index contributed by atoms with van der Waals surface area (Å²) in [6.07, 6.45) is 5.60. The summed E-state index contributed by atoms with van der Waals surface area (Å²) in [6.45, 7) is 4.41. The van der Waals surface area contributed by atoms with Gasteiger partial charge in [0.2, 0.25) is 0 Å². The van der Waals surface area contributed by atoms with Crippen LogP contribution in [0.1, 0.15) is 52.4 Å². The summed E-state index contributed by atoms with van der Waals surface area (Å²) < 4.78 is 5.13. The summed E-state index contributed by atoms with van der Waals surface area (Å²) in [4.78, 5) is 23.8. The number of rotatable bonds is 2. The van der Waals surface area contributed by atoms with Gasteiger partial charge in [0.1, 0.15) is 5.78 Å². The molecule has 0 bridgehead atoms. The van der Waals surface area contributed by atoms with Gasteiger partial charge in [-0.3, -0.25) is 9.59 Å². The van der Waals surface area contributed by atoms with Crippen LogP contribution < -0.4 is 0 Å². The van der Waals surface area contributed by atoms with Gasteiger partial charge in [0.05, 0.1) is 12.5 Å². The number of hydrogen-bond acceptors (Lipinski definition) is 3. The summed E-state index contributed by atoms with van der Waals surface area (Å²) in [5, 5.41) is 0. The highest BCUT2D eigenvalue weighted by molar-refractivity contribution is 5.86. The van der Waals surface area contributed by atoms with Gasteiger partial charge in [-0.15, -0.1) is 0 Å². The molecule has 0 aromatic rings. The third kappa shape index (κ3) is 2.38. The quantitative estimate of drug-likeness (QED) is 0.695. The zero-order chi connectivity index (χ0) is 12.5. The van der Waals surface area contributed by atoms with E-state index < -0.39 is 0 Å². The van der Waals surface area contributed by atoms with Gasteiger partial charge in [0, 0.05) is 12.8 Å². The van der Waals surface area contributed by atoms with Gasteiger partial charge in [-0.05, 0) is 31.1 Å². The van der Waals surface area contributed by atoms with Crippen LogP contribution in [0.4, 0.5) is 0 Å². The fourth-order valence-corrected chi connectivity index (χ4v) is 3.74. The predicted molar refractivity (Wildman–Crippen MR) is 64.4 cm³/mol. The van der Waals surface area contributed by atoms with Gasteiger partial charge >= 0.3 is 5.97 Å². The molecule has 2 aliphatic rings. The van der Waals surface area contributed by atoms with E-state index in [9.17, 15) is 9.59 Å². The van der Waals surface area contributed by atoms with Crippen molar-refractivity contribution in [1.29, 1.82) is 0 Å². The van der Waals surface area contributed by atoms with Crippen molar-refractivity contribution in [3.63, 3.8) is 0 Å². The minimum absolute atomic E-state index is 0.0466. The Balaban J connectivity index is 2.19. The van der Waals surface area contributed by atoms with Crippen molar-refractivity contribution in [2.45, 2.75) is 52.4 Å². The number of carbonyl (C=O) groups is 2. The van der Waals surface area contributed by atoms with Crippen molar-refractivity contribution in [3.8, 4) is 0 Å². The maximum Gasteiger partial charge on any atom is 0.309 e. The Hall–Kier alpha value is -0.860. The minimum Gasteiger partial charge on any atom is -0.466 e. The fraction of sp³-hybridized carbons (Fsp3) is 0.857. The lowest BCUT2D eigenvalue weighted by Crippen LogP contribution is -2.46. The Bertz CT molecular complexity index is 323. The molecular weight excluding hydrogens is 216 g/mol. The molecule has 0 N–H and O–H groups in total. The SMILES string of the molecule is CCOC(=O)[C@@H]1CC(=O)C[C@]2(C)CCCC[C@@H]12. The smallest absolute Gasteiger partial charge is 0.309 e.